The van der Waals surface area contributed by atoms with E-state index in [4.69, 9.17) is 18.2 Å². The van der Waals surface area contributed by atoms with Crippen molar-refractivity contribution in [2.45, 2.75) is 0 Å². The Morgan fingerprint density at radius 2 is 2.62 bits per heavy atom. The molecule has 0 saturated carbocycles. The number of halogens is 1. The van der Waals surface area contributed by atoms with Crippen molar-refractivity contribution in [1.82, 2.24) is 4.98 Å². The Balaban J connectivity index is 3.05. The van der Waals surface area contributed by atoms with Gasteiger partial charge in [0, 0.05) is 6.20 Å². The van der Waals surface area contributed by atoms with Gasteiger partial charge in [-0.15, -0.1) is 11.3 Å². The Bertz CT molecular complexity index is 224. The monoisotopic (exact) mass is 144 g/mol. The fourth-order valence-electron chi connectivity index (χ4n) is 0.297. The van der Waals surface area contributed by atoms with Crippen LogP contribution in [-0.4, -0.2) is 4.98 Å². The maximum absolute atomic E-state index is 6.49. The summed E-state index contributed by atoms with van der Waals surface area (Å²) in [5.74, 6) is 0. The van der Waals surface area contributed by atoms with E-state index in [2.05, 4.69) is 9.83 Å². The third kappa shape index (κ3) is 0.971. The molecule has 40 valence electrons. The van der Waals surface area contributed by atoms with E-state index in [0.29, 0.717) is 9.47 Å². The van der Waals surface area contributed by atoms with Gasteiger partial charge in [0.1, 0.15) is 0 Å². The van der Waals surface area contributed by atoms with Gasteiger partial charge in [-0.25, -0.2) is 9.83 Å². The molecular weight excluding hydrogens is 144 g/mol. The summed E-state index contributed by atoms with van der Waals surface area (Å²) in [6.07, 6.45) is 1.46. The molecule has 1 rings (SSSR count). The Kier molecular flexibility index (Phi) is 1.47. The molecule has 4 heteroatoms. The molecule has 2 nitrogen and oxygen atoms in total. The standard InChI is InChI=1S/C4HClN2S/c1-6-3-2-7-4(5)8-3/h2H. The summed E-state index contributed by atoms with van der Waals surface area (Å²) >= 11 is 6.59. The highest BCUT2D eigenvalue weighted by Gasteiger charge is 1.93. The molecule has 0 N–H and O–H groups in total. The molecule has 0 aromatic carbocycles. The average Bonchev–Trinajstić information content (AvgIpc) is 2.14. The summed E-state index contributed by atoms with van der Waals surface area (Å²) in [6, 6.07) is 0. The van der Waals surface area contributed by atoms with Crippen molar-refractivity contribution >= 4 is 27.9 Å². The van der Waals surface area contributed by atoms with Crippen LogP contribution in [0.1, 0.15) is 0 Å². The molecule has 0 bridgehead atoms. The van der Waals surface area contributed by atoms with Crippen LogP contribution in [0.15, 0.2) is 6.20 Å². The summed E-state index contributed by atoms with van der Waals surface area (Å²) in [4.78, 5) is 6.77. The predicted octanol–water partition coefficient (Wildman–Crippen LogP) is 2.35. The first-order chi connectivity index (χ1) is 3.83. The van der Waals surface area contributed by atoms with Crippen LogP contribution in [0.25, 0.3) is 4.85 Å². The van der Waals surface area contributed by atoms with Gasteiger partial charge < -0.3 is 0 Å². The Labute approximate surface area is 55.6 Å². The number of hydrogen-bond donors (Lipinski definition) is 0. The van der Waals surface area contributed by atoms with Crippen molar-refractivity contribution in [3.05, 3.63) is 22.1 Å². The molecule has 0 unspecified atom stereocenters. The molecule has 0 aliphatic heterocycles. The van der Waals surface area contributed by atoms with Crippen LogP contribution in [0.3, 0.4) is 0 Å². The second kappa shape index (κ2) is 2.12. The highest BCUT2D eigenvalue weighted by molar-refractivity contribution is 7.19. The van der Waals surface area contributed by atoms with Crippen LogP contribution in [0, 0.1) is 6.57 Å². The van der Waals surface area contributed by atoms with Crippen LogP contribution < -0.4 is 0 Å². The molecule has 1 aromatic heterocycles. The lowest BCUT2D eigenvalue weighted by Gasteiger charge is -1.65. The quantitative estimate of drug-likeness (QED) is 0.511. The predicted molar refractivity (Wildman–Crippen MR) is 33.4 cm³/mol. The first kappa shape index (κ1) is 5.54. The molecule has 1 aromatic rings. The number of thiazole rings is 1. The zero-order valence-electron chi connectivity index (χ0n) is 3.76. The van der Waals surface area contributed by atoms with E-state index >= 15 is 0 Å². The summed E-state index contributed by atoms with van der Waals surface area (Å²) in [7, 11) is 0. The van der Waals surface area contributed by atoms with Crippen molar-refractivity contribution < 1.29 is 0 Å². The average molecular weight is 145 g/mol. The molecule has 0 fully saturated rings. The van der Waals surface area contributed by atoms with Crippen molar-refractivity contribution in [1.29, 1.82) is 0 Å². The second-order valence-corrected chi connectivity index (χ2v) is 2.65. The fourth-order valence-corrected chi connectivity index (χ4v) is 1.01. The van der Waals surface area contributed by atoms with E-state index in [1.807, 2.05) is 0 Å². The molecule has 1 heterocycles. The summed E-state index contributed by atoms with van der Waals surface area (Å²) < 4.78 is 0.427. The minimum Gasteiger partial charge on any atom is -0.246 e. The van der Waals surface area contributed by atoms with E-state index in [9.17, 15) is 0 Å². The van der Waals surface area contributed by atoms with Crippen molar-refractivity contribution in [2.24, 2.45) is 0 Å². The Morgan fingerprint density at radius 3 is 2.88 bits per heavy atom. The first-order valence-corrected chi connectivity index (χ1v) is 3.01. The van der Waals surface area contributed by atoms with E-state index in [-0.39, 0.29) is 0 Å². The summed E-state index contributed by atoms with van der Waals surface area (Å²) in [5, 5.41) is 0.537. The maximum Gasteiger partial charge on any atom is 0.261 e. The minimum absolute atomic E-state index is 0.427. The number of nitrogens with zero attached hydrogens (tertiary/aromatic N) is 2. The molecule has 0 aliphatic rings. The van der Waals surface area contributed by atoms with Crippen LogP contribution in [0.4, 0.5) is 5.00 Å². The van der Waals surface area contributed by atoms with Gasteiger partial charge in [0.15, 0.2) is 4.47 Å². The molecule has 0 saturated heterocycles. The zero-order chi connectivity index (χ0) is 5.98. The zero-order valence-corrected chi connectivity index (χ0v) is 5.33. The number of hydrogen-bond acceptors (Lipinski definition) is 2. The number of rotatable bonds is 0. The SMILES string of the molecule is [C-]#[N+]c1cnc(Cl)s1. The molecule has 0 radical (unpaired) electrons. The van der Waals surface area contributed by atoms with Crippen LogP contribution in [0.2, 0.25) is 4.47 Å². The topological polar surface area (TPSA) is 17.2 Å². The van der Waals surface area contributed by atoms with Gasteiger partial charge in [-0.3, -0.25) is 0 Å². The Morgan fingerprint density at radius 1 is 1.88 bits per heavy atom. The van der Waals surface area contributed by atoms with Gasteiger partial charge >= 0.3 is 0 Å². The molecule has 8 heavy (non-hydrogen) atoms. The third-order valence-electron chi connectivity index (χ3n) is 0.575. The highest BCUT2D eigenvalue weighted by atomic mass is 35.5. The smallest absolute Gasteiger partial charge is 0.246 e. The lowest BCUT2D eigenvalue weighted by molar-refractivity contribution is 1.43. The molecule has 0 atom stereocenters. The van der Waals surface area contributed by atoms with E-state index in [1.54, 1.807) is 0 Å². The largest absolute Gasteiger partial charge is 0.261 e. The lowest BCUT2D eigenvalue weighted by atomic mass is 10.9. The van der Waals surface area contributed by atoms with E-state index in [1.165, 1.54) is 17.5 Å². The number of aromatic nitrogens is 1. The van der Waals surface area contributed by atoms with Gasteiger partial charge in [-0.1, -0.05) is 11.6 Å². The fraction of sp³-hybridized carbons (Fsp3) is 0. The van der Waals surface area contributed by atoms with E-state index in [0.717, 1.165) is 0 Å². The van der Waals surface area contributed by atoms with Crippen LogP contribution in [-0.2, 0) is 0 Å². The highest BCUT2D eigenvalue weighted by Crippen LogP contribution is 2.24. The lowest BCUT2D eigenvalue weighted by Crippen LogP contribution is -1.48. The van der Waals surface area contributed by atoms with Gasteiger partial charge in [0.25, 0.3) is 5.00 Å². The van der Waals surface area contributed by atoms with Crippen LogP contribution >= 0.6 is 22.9 Å². The van der Waals surface area contributed by atoms with Gasteiger partial charge in [-0.2, -0.15) is 0 Å². The van der Waals surface area contributed by atoms with Gasteiger partial charge in [0.2, 0.25) is 0 Å². The van der Waals surface area contributed by atoms with Crippen molar-refractivity contribution in [2.75, 3.05) is 0 Å². The van der Waals surface area contributed by atoms with Crippen molar-refractivity contribution in [3.8, 4) is 0 Å². The van der Waals surface area contributed by atoms with E-state index < -0.39 is 0 Å². The summed E-state index contributed by atoms with van der Waals surface area (Å²) in [6.45, 7) is 6.49. The first-order valence-electron chi connectivity index (χ1n) is 1.81. The van der Waals surface area contributed by atoms with Gasteiger partial charge in [-0.05, 0) is 0 Å². The molecule has 0 spiro atoms. The Hall–Kier alpha value is -0.590. The van der Waals surface area contributed by atoms with Gasteiger partial charge in [0.05, 0.1) is 6.57 Å². The third-order valence-corrected chi connectivity index (χ3v) is 1.58. The molecular formula is C4HClN2S. The van der Waals surface area contributed by atoms with Crippen molar-refractivity contribution in [3.63, 3.8) is 0 Å². The van der Waals surface area contributed by atoms with Crippen LogP contribution in [0.5, 0.6) is 0 Å². The summed E-state index contributed by atoms with van der Waals surface area (Å²) in [5.41, 5.74) is 0. The molecule has 0 amide bonds. The normalized spacial score (nSPS) is 8.50. The maximum atomic E-state index is 6.49. The second-order valence-electron chi connectivity index (χ2n) is 1.06. The minimum atomic E-state index is 0.427. The molecule has 0 aliphatic carbocycles.